The topological polar surface area (TPSA) is 56.2 Å². The summed E-state index contributed by atoms with van der Waals surface area (Å²) in [6, 6.07) is 26.4. The summed E-state index contributed by atoms with van der Waals surface area (Å²) >= 11 is 0. The predicted molar refractivity (Wildman–Crippen MR) is 135 cm³/mol. The van der Waals surface area contributed by atoms with Crippen LogP contribution < -0.4 is 5.32 Å². The van der Waals surface area contributed by atoms with Crippen LogP contribution in [0.2, 0.25) is 0 Å². The Kier molecular flexibility index (Phi) is 5.76. The molecule has 170 valence electrons. The molecule has 3 aromatic carbocycles. The zero-order valence-corrected chi connectivity index (χ0v) is 19.2. The lowest BCUT2D eigenvalue weighted by Gasteiger charge is -2.12. The fourth-order valence-electron chi connectivity index (χ4n) is 4.19. The third-order valence-corrected chi connectivity index (χ3v) is 6.58. The van der Waals surface area contributed by atoms with Crippen LogP contribution in [-0.2, 0) is 16.8 Å². The van der Waals surface area contributed by atoms with Gasteiger partial charge in [-0.25, -0.2) is 9.48 Å². The number of amides is 1. The quantitative estimate of drug-likeness (QED) is 0.315. The molecule has 1 fully saturated rings. The van der Waals surface area contributed by atoms with Crippen molar-refractivity contribution in [2.24, 2.45) is 0 Å². The third kappa shape index (κ3) is 4.37. The van der Waals surface area contributed by atoms with Crippen LogP contribution in [0.25, 0.3) is 16.8 Å². The third-order valence-electron chi connectivity index (χ3n) is 6.58. The van der Waals surface area contributed by atoms with E-state index in [9.17, 15) is 4.79 Å². The molecule has 0 saturated heterocycles. The summed E-state index contributed by atoms with van der Waals surface area (Å²) in [5.41, 5.74) is 6.72. The van der Waals surface area contributed by atoms with Crippen molar-refractivity contribution in [1.29, 1.82) is 0 Å². The fraction of sp³-hybridized carbons (Fsp3) is 0.172. The molecule has 0 atom stereocenters. The van der Waals surface area contributed by atoms with Crippen molar-refractivity contribution < 1.29 is 9.53 Å². The highest BCUT2D eigenvalue weighted by molar-refractivity contribution is 5.83. The lowest BCUT2D eigenvalue weighted by Crippen LogP contribution is -2.16. The smallest absolute Gasteiger partial charge is 0.413 e. The Labute approximate surface area is 199 Å². The summed E-state index contributed by atoms with van der Waals surface area (Å²) in [5, 5.41) is 7.15. The molecule has 5 nitrogen and oxygen atoms in total. The molecular weight excluding hydrogens is 422 g/mol. The molecule has 1 amide bonds. The van der Waals surface area contributed by atoms with E-state index in [4.69, 9.17) is 4.74 Å². The Bertz CT molecular complexity index is 1320. The lowest BCUT2D eigenvalue weighted by molar-refractivity contribution is 0.154. The highest BCUT2D eigenvalue weighted by Crippen LogP contribution is 2.49. The van der Waals surface area contributed by atoms with Gasteiger partial charge in [0.2, 0.25) is 0 Å². The number of hydrogen-bond donors (Lipinski definition) is 1. The Morgan fingerprint density at radius 3 is 2.35 bits per heavy atom. The summed E-state index contributed by atoms with van der Waals surface area (Å²) in [6.07, 6.45) is 5.57. The Morgan fingerprint density at radius 1 is 1.03 bits per heavy atom. The van der Waals surface area contributed by atoms with E-state index in [1.165, 1.54) is 18.4 Å². The van der Waals surface area contributed by atoms with Crippen molar-refractivity contribution in [1.82, 2.24) is 9.78 Å². The molecule has 0 spiro atoms. The van der Waals surface area contributed by atoms with Crippen molar-refractivity contribution in [3.05, 3.63) is 114 Å². The molecule has 1 heterocycles. The van der Waals surface area contributed by atoms with Gasteiger partial charge in [0.05, 0.1) is 11.9 Å². The average molecular weight is 450 g/mol. The molecule has 5 heteroatoms. The zero-order valence-electron chi connectivity index (χ0n) is 19.2. The number of hydrogen-bond acceptors (Lipinski definition) is 3. The molecule has 0 bridgehead atoms. The molecule has 0 aliphatic heterocycles. The Balaban J connectivity index is 1.26. The summed E-state index contributed by atoms with van der Waals surface area (Å²) < 4.78 is 7.08. The minimum absolute atomic E-state index is 0.187. The van der Waals surface area contributed by atoms with Crippen molar-refractivity contribution >= 4 is 11.9 Å². The maximum Gasteiger partial charge on any atom is 0.413 e. The number of nitrogens with one attached hydrogen (secondary N) is 1. The van der Waals surface area contributed by atoms with Gasteiger partial charge >= 0.3 is 6.09 Å². The molecular formula is C29H27N3O2. The van der Waals surface area contributed by atoms with Gasteiger partial charge in [-0.15, -0.1) is 6.58 Å². The van der Waals surface area contributed by atoms with Gasteiger partial charge in [-0.2, -0.15) is 5.10 Å². The van der Waals surface area contributed by atoms with Crippen LogP contribution in [0.1, 0.15) is 29.5 Å². The minimum atomic E-state index is -0.519. The number of benzene rings is 3. The summed E-state index contributed by atoms with van der Waals surface area (Å²) in [7, 11) is 0. The van der Waals surface area contributed by atoms with E-state index in [0.29, 0.717) is 5.82 Å². The monoisotopic (exact) mass is 449 g/mol. The largest absolute Gasteiger partial charge is 0.444 e. The molecule has 4 aromatic rings. The zero-order chi connectivity index (χ0) is 23.5. The van der Waals surface area contributed by atoms with Crippen LogP contribution in [0.15, 0.2) is 97.7 Å². The van der Waals surface area contributed by atoms with E-state index in [1.807, 2.05) is 43.3 Å². The molecule has 1 N–H and O–H groups in total. The number of allylic oxidation sites excluding steroid dienone is 1. The van der Waals surface area contributed by atoms with E-state index < -0.39 is 6.09 Å². The molecule has 0 unspecified atom stereocenters. The van der Waals surface area contributed by atoms with Crippen LogP contribution in [0.4, 0.5) is 10.6 Å². The number of aromatic nitrogens is 2. The van der Waals surface area contributed by atoms with E-state index >= 15 is 0 Å². The lowest BCUT2D eigenvalue weighted by atomic mass is 9.94. The number of carbonyl (C=O) groups is 1. The van der Waals surface area contributed by atoms with E-state index in [-0.39, 0.29) is 12.0 Å². The van der Waals surface area contributed by atoms with Crippen LogP contribution in [0.5, 0.6) is 0 Å². The highest BCUT2D eigenvalue weighted by atomic mass is 16.5. The van der Waals surface area contributed by atoms with Crippen LogP contribution in [0, 0.1) is 6.92 Å². The highest BCUT2D eigenvalue weighted by Gasteiger charge is 2.40. The van der Waals surface area contributed by atoms with Gasteiger partial charge in [-0.1, -0.05) is 66.7 Å². The average Bonchev–Trinajstić information content (AvgIpc) is 3.55. The number of anilines is 1. The van der Waals surface area contributed by atoms with Gasteiger partial charge in [-0.3, -0.25) is 5.32 Å². The van der Waals surface area contributed by atoms with Crippen LogP contribution in [0.3, 0.4) is 0 Å². The molecule has 0 radical (unpaired) electrons. The first-order valence-corrected chi connectivity index (χ1v) is 11.5. The van der Waals surface area contributed by atoms with Gasteiger partial charge in [0.25, 0.3) is 0 Å². The van der Waals surface area contributed by atoms with E-state index in [2.05, 4.69) is 59.5 Å². The van der Waals surface area contributed by atoms with Gasteiger partial charge in [0.15, 0.2) is 0 Å². The Hall–Kier alpha value is -4.12. The van der Waals surface area contributed by atoms with Gasteiger partial charge in [0.1, 0.15) is 12.4 Å². The first kappa shape index (κ1) is 21.7. The fourth-order valence-corrected chi connectivity index (χ4v) is 4.19. The molecule has 1 saturated carbocycles. The predicted octanol–water partition coefficient (Wildman–Crippen LogP) is 6.81. The molecule has 1 aliphatic carbocycles. The van der Waals surface area contributed by atoms with Crippen molar-refractivity contribution in [3.8, 4) is 16.8 Å². The minimum Gasteiger partial charge on any atom is -0.444 e. The number of carbonyl (C=O) groups excluding carboxylic acids is 1. The summed E-state index contributed by atoms with van der Waals surface area (Å²) in [6.45, 7) is 6.21. The summed E-state index contributed by atoms with van der Waals surface area (Å²) in [4.78, 5) is 12.4. The standard InChI is InChI=1S/C29H27N3O2/c1-3-29(17-18-29)25-12-8-22(9-13-25)23-10-14-26(15-11-23)32-27(16-19-30-32)31-28(33)34-20-24-7-5-4-6-21(24)2/h3-16,19H,1,17-18,20H2,2H3,(H,31,33). The number of ether oxygens (including phenoxy) is 1. The molecule has 1 aliphatic rings. The molecule has 34 heavy (non-hydrogen) atoms. The first-order chi connectivity index (χ1) is 16.6. The number of aryl methyl sites for hydroxylation is 1. The van der Waals surface area contributed by atoms with E-state index in [1.54, 1.807) is 16.9 Å². The normalized spacial score (nSPS) is 13.8. The van der Waals surface area contributed by atoms with Crippen molar-refractivity contribution in [2.75, 3.05) is 5.32 Å². The van der Waals surface area contributed by atoms with Crippen molar-refractivity contribution in [2.45, 2.75) is 31.8 Å². The van der Waals surface area contributed by atoms with Gasteiger partial charge in [-0.05, 0) is 59.7 Å². The maximum atomic E-state index is 12.4. The Morgan fingerprint density at radius 2 is 1.71 bits per heavy atom. The second-order valence-corrected chi connectivity index (χ2v) is 8.74. The first-order valence-electron chi connectivity index (χ1n) is 11.5. The van der Waals surface area contributed by atoms with E-state index in [0.717, 1.165) is 27.9 Å². The molecule has 5 rings (SSSR count). The SMILES string of the molecule is C=CC1(c2ccc(-c3ccc(-n4nccc4NC(=O)OCc4ccccc4C)cc3)cc2)CC1. The maximum absolute atomic E-state index is 12.4. The van der Waals surface area contributed by atoms with Gasteiger partial charge in [0, 0.05) is 11.5 Å². The molecule has 1 aromatic heterocycles. The van der Waals surface area contributed by atoms with Crippen LogP contribution in [-0.4, -0.2) is 15.9 Å². The second kappa shape index (κ2) is 9.02. The van der Waals surface area contributed by atoms with Gasteiger partial charge < -0.3 is 4.74 Å². The summed E-state index contributed by atoms with van der Waals surface area (Å²) in [5.74, 6) is 0.547. The second-order valence-electron chi connectivity index (χ2n) is 8.74. The number of rotatable bonds is 7. The van der Waals surface area contributed by atoms with Crippen molar-refractivity contribution in [3.63, 3.8) is 0 Å². The number of nitrogens with zero attached hydrogens (tertiary/aromatic N) is 2. The van der Waals surface area contributed by atoms with Crippen LogP contribution >= 0.6 is 0 Å².